The van der Waals surface area contributed by atoms with Crippen LogP contribution in [0, 0.1) is 0 Å². The Kier molecular flexibility index (Phi) is 8.67. The van der Waals surface area contributed by atoms with E-state index in [0.29, 0.717) is 6.04 Å². The van der Waals surface area contributed by atoms with Gasteiger partial charge in [0, 0.05) is 31.7 Å². The minimum Gasteiger partial charge on any atom is -0.313 e. The molecule has 2 unspecified atom stereocenters. The van der Waals surface area contributed by atoms with Crippen LogP contribution in [0.2, 0.25) is 0 Å². The highest BCUT2D eigenvalue weighted by molar-refractivity contribution is 4.78. The number of nitrogens with one attached hydrogen (secondary N) is 1. The summed E-state index contributed by atoms with van der Waals surface area (Å²) in [6, 6.07) is 1.44. The van der Waals surface area contributed by atoms with Crippen LogP contribution in [0.25, 0.3) is 0 Å². The van der Waals surface area contributed by atoms with E-state index in [2.05, 4.69) is 43.1 Å². The van der Waals surface area contributed by atoms with Crippen molar-refractivity contribution >= 4 is 0 Å². The number of hydrogen-bond donors (Lipinski definition) is 1. The van der Waals surface area contributed by atoms with E-state index in [4.69, 9.17) is 0 Å². The summed E-state index contributed by atoms with van der Waals surface area (Å²) in [5.74, 6) is 0. The van der Waals surface area contributed by atoms with Crippen molar-refractivity contribution in [1.82, 2.24) is 15.1 Å². The molecule has 0 saturated carbocycles. The molecule has 0 aliphatic carbocycles. The van der Waals surface area contributed by atoms with Crippen molar-refractivity contribution in [3.8, 4) is 0 Å². The molecule has 1 fully saturated rings. The van der Waals surface area contributed by atoms with Gasteiger partial charge in [-0.3, -0.25) is 0 Å². The second-order valence-electron chi connectivity index (χ2n) is 6.39. The molecule has 0 radical (unpaired) electrons. The van der Waals surface area contributed by atoms with E-state index in [0.717, 1.165) is 12.6 Å². The highest BCUT2D eigenvalue weighted by Gasteiger charge is 2.20. The molecule has 1 saturated heterocycles. The van der Waals surface area contributed by atoms with E-state index >= 15 is 0 Å². The van der Waals surface area contributed by atoms with Gasteiger partial charge in [-0.05, 0) is 46.8 Å². The summed E-state index contributed by atoms with van der Waals surface area (Å²) in [6.45, 7) is 9.42. The minimum absolute atomic E-state index is 0.675. The van der Waals surface area contributed by atoms with Crippen LogP contribution < -0.4 is 5.32 Å². The molecule has 0 aromatic rings. The Bertz CT molecular complexity index is 220. The number of likely N-dealkylation sites (N-methyl/N-ethyl adjacent to an activating group) is 2. The predicted octanol–water partition coefficient (Wildman–Crippen LogP) is 2.57. The van der Waals surface area contributed by atoms with Crippen LogP contribution in [0.4, 0.5) is 0 Å². The van der Waals surface area contributed by atoms with Gasteiger partial charge >= 0.3 is 0 Å². The van der Waals surface area contributed by atoms with Gasteiger partial charge in [0.25, 0.3) is 0 Å². The van der Waals surface area contributed by atoms with Crippen molar-refractivity contribution < 1.29 is 0 Å². The van der Waals surface area contributed by atoms with Crippen LogP contribution >= 0.6 is 0 Å². The average Bonchev–Trinajstić information content (AvgIpc) is 2.39. The maximum atomic E-state index is 3.67. The number of nitrogens with zero attached hydrogens (tertiary/aromatic N) is 2. The van der Waals surface area contributed by atoms with E-state index in [1.54, 1.807) is 0 Å². The highest BCUT2D eigenvalue weighted by atomic mass is 15.2. The summed E-state index contributed by atoms with van der Waals surface area (Å²) in [4.78, 5) is 5.01. The van der Waals surface area contributed by atoms with Gasteiger partial charge in [0.05, 0.1) is 0 Å². The topological polar surface area (TPSA) is 18.5 Å². The lowest BCUT2D eigenvalue weighted by atomic mass is 10.1. The molecule has 0 amide bonds. The Hall–Kier alpha value is -0.120. The van der Waals surface area contributed by atoms with Crippen molar-refractivity contribution in [2.45, 2.75) is 64.5 Å². The predicted molar refractivity (Wildman–Crippen MR) is 84.8 cm³/mol. The maximum Gasteiger partial charge on any atom is 0.0221 e. The molecule has 1 rings (SSSR count). The lowest BCUT2D eigenvalue weighted by Gasteiger charge is -2.36. The maximum absolute atomic E-state index is 3.67. The van der Waals surface area contributed by atoms with E-state index in [9.17, 15) is 0 Å². The molecule has 1 heterocycles. The molecule has 3 nitrogen and oxygen atoms in total. The lowest BCUT2D eigenvalue weighted by Crippen LogP contribution is -2.47. The van der Waals surface area contributed by atoms with Crippen LogP contribution in [-0.2, 0) is 0 Å². The molecule has 1 aliphatic heterocycles. The molecule has 0 aromatic carbocycles. The first-order valence-corrected chi connectivity index (χ1v) is 8.25. The molecule has 19 heavy (non-hydrogen) atoms. The zero-order valence-electron chi connectivity index (χ0n) is 13.6. The third-order valence-corrected chi connectivity index (χ3v) is 4.42. The second-order valence-corrected chi connectivity index (χ2v) is 6.39. The monoisotopic (exact) mass is 269 g/mol. The summed E-state index contributed by atoms with van der Waals surface area (Å²) in [7, 11) is 4.53. The van der Waals surface area contributed by atoms with Gasteiger partial charge in [-0.15, -0.1) is 0 Å². The number of rotatable bonds is 9. The third kappa shape index (κ3) is 7.28. The quantitative estimate of drug-likeness (QED) is 0.649. The summed E-state index contributed by atoms with van der Waals surface area (Å²) in [5.41, 5.74) is 0. The van der Waals surface area contributed by atoms with Gasteiger partial charge in [0.15, 0.2) is 0 Å². The highest BCUT2D eigenvalue weighted by Crippen LogP contribution is 2.12. The first-order valence-electron chi connectivity index (χ1n) is 8.25. The molecular formula is C16H35N3. The Morgan fingerprint density at radius 2 is 2.16 bits per heavy atom. The van der Waals surface area contributed by atoms with Crippen molar-refractivity contribution in [3.63, 3.8) is 0 Å². The molecule has 0 spiro atoms. The fraction of sp³-hybridized carbons (Fsp3) is 1.00. The third-order valence-electron chi connectivity index (χ3n) is 4.42. The second kappa shape index (κ2) is 9.73. The smallest absolute Gasteiger partial charge is 0.0221 e. The SMILES string of the molecule is CCCCCC(C)NCCN(C)C1CCCN(C)C1. The summed E-state index contributed by atoms with van der Waals surface area (Å²) in [6.07, 6.45) is 8.11. The van der Waals surface area contributed by atoms with Crippen LogP contribution in [0.15, 0.2) is 0 Å². The van der Waals surface area contributed by atoms with Crippen molar-refractivity contribution in [2.75, 3.05) is 40.3 Å². The molecular weight excluding hydrogens is 234 g/mol. The zero-order valence-corrected chi connectivity index (χ0v) is 13.6. The Morgan fingerprint density at radius 3 is 2.84 bits per heavy atom. The van der Waals surface area contributed by atoms with Gasteiger partial charge in [0.2, 0.25) is 0 Å². The van der Waals surface area contributed by atoms with Crippen LogP contribution in [0.5, 0.6) is 0 Å². The molecule has 1 aliphatic rings. The summed E-state index contributed by atoms with van der Waals surface area (Å²) < 4.78 is 0. The van der Waals surface area contributed by atoms with E-state index < -0.39 is 0 Å². The van der Waals surface area contributed by atoms with Gasteiger partial charge in [-0.25, -0.2) is 0 Å². The van der Waals surface area contributed by atoms with Gasteiger partial charge in [0.1, 0.15) is 0 Å². The standard InChI is InChI=1S/C16H35N3/c1-5-6-7-9-15(2)17-11-13-19(4)16-10-8-12-18(3)14-16/h15-17H,5-14H2,1-4H3. The zero-order chi connectivity index (χ0) is 14.1. The molecule has 114 valence electrons. The molecule has 0 bridgehead atoms. The molecule has 1 N–H and O–H groups in total. The Balaban J connectivity index is 2.07. The minimum atomic E-state index is 0.675. The van der Waals surface area contributed by atoms with Crippen molar-refractivity contribution in [1.29, 1.82) is 0 Å². The van der Waals surface area contributed by atoms with Crippen molar-refractivity contribution in [3.05, 3.63) is 0 Å². The van der Waals surface area contributed by atoms with Gasteiger partial charge in [-0.2, -0.15) is 0 Å². The lowest BCUT2D eigenvalue weighted by molar-refractivity contribution is 0.134. The molecule has 2 atom stereocenters. The number of likely N-dealkylation sites (tertiary alicyclic amines) is 1. The first-order chi connectivity index (χ1) is 9.13. The van der Waals surface area contributed by atoms with Crippen LogP contribution in [0.1, 0.15) is 52.4 Å². The van der Waals surface area contributed by atoms with Crippen LogP contribution in [-0.4, -0.2) is 62.2 Å². The largest absolute Gasteiger partial charge is 0.313 e. The van der Waals surface area contributed by atoms with Gasteiger partial charge in [-0.1, -0.05) is 26.2 Å². The summed E-state index contributed by atoms with van der Waals surface area (Å²) >= 11 is 0. The van der Waals surface area contributed by atoms with Crippen molar-refractivity contribution in [2.24, 2.45) is 0 Å². The van der Waals surface area contributed by atoms with Gasteiger partial charge < -0.3 is 15.1 Å². The summed E-state index contributed by atoms with van der Waals surface area (Å²) in [5, 5.41) is 3.67. The fourth-order valence-electron chi connectivity index (χ4n) is 2.97. The van der Waals surface area contributed by atoms with E-state index in [1.165, 1.54) is 58.2 Å². The Labute approximate surface area is 120 Å². The molecule has 3 heteroatoms. The molecule has 0 aromatic heterocycles. The first kappa shape index (κ1) is 16.9. The average molecular weight is 269 g/mol. The van der Waals surface area contributed by atoms with Crippen LogP contribution in [0.3, 0.4) is 0 Å². The number of hydrogen-bond acceptors (Lipinski definition) is 3. The fourth-order valence-corrected chi connectivity index (χ4v) is 2.97. The number of unbranched alkanes of at least 4 members (excludes halogenated alkanes) is 2. The normalized spacial score (nSPS) is 22.9. The van der Waals surface area contributed by atoms with E-state index in [1.807, 2.05) is 0 Å². The number of piperidine rings is 1. The van der Waals surface area contributed by atoms with E-state index in [-0.39, 0.29) is 0 Å². The Morgan fingerprint density at radius 1 is 1.37 bits per heavy atom.